The van der Waals surface area contributed by atoms with Crippen LogP contribution in [0.3, 0.4) is 0 Å². The topological polar surface area (TPSA) is 62.1 Å². The van der Waals surface area contributed by atoms with Gasteiger partial charge in [0.2, 0.25) is 0 Å². The minimum absolute atomic E-state index is 0.0843. The molecule has 2 aromatic heterocycles. The standard InChI is InChI=1S/C13H16N4O/c1-17(7-4-11-2-5-14-6-3-11)13-9-15-8-12(10-18)16-13/h2-3,5-6,8-9,18H,4,7,10H2,1H3. The Morgan fingerprint density at radius 3 is 2.67 bits per heavy atom. The quantitative estimate of drug-likeness (QED) is 0.851. The van der Waals surface area contributed by atoms with Crippen LogP contribution in [0.15, 0.2) is 36.9 Å². The molecule has 0 aliphatic carbocycles. The van der Waals surface area contributed by atoms with Gasteiger partial charge in [0.15, 0.2) is 0 Å². The van der Waals surface area contributed by atoms with E-state index in [1.165, 1.54) is 5.56 Å². The molecule has 0 bridgehead atoms. The molecule has 1 N–H and O–H groups in total. The van der Waals surface area contributed by atoms with Gasteiger partial charge in [-0.2, -0.15) is 0 Å². The number of hydrogen-bond donors (Lipinski definition) is 1. The van der Waals surface area contributed by atoms with Gasteiger partial charge in [0.1, 0.15) is 5.82 Å². The van der Waals surface area contributed by atoms with E-state index in [0.29, 0.717) is 5.69 Å². The average Bonchev–Trinajstić information content (AvgIpc) is 2.46. The monoisotopic (exact) mass is 244 g/mol. The summed E-state index contributed by atoms with van der Waals surface area (Å²) in [5.74, 6) is 0.774. The second kappa shape index (κ2) is 6.07. The zero-order valence-corrected chi connectivity index (χ0v) is 10.3. The lowest BCUT2D eigenvalue weighted by Crippen LogP contribution is -2.22. The third-order valence-electron chi connectivity index (χ3n) is 2.71. The molecule has 0 saturated carbocycles. The fraction of sp³-hybridized carbons (Fsp3) is 0.308. The van der Waals surface area contributed by atoms with E-state index in [4.69, 9.17) is 5.11 Å². The molecule has 0 radical (unpaired) electrons. The predicted molar refractivity (Wildman–Crippen MR) is 69.2 cm³/mol. The van der Waals surface area contributed by atoms with Crippen LogP contribution in [0.25, 0.3) is 0 Å². The van der Waals surface area contributed by atoms with Gasteiger partial charge < -0.3 is 10.0 Å². The number of anilines is 1. The highest BCUT2D eigenvalue weighted by molar-refractivity contribution is 5.35. The summed E-state index contributed by atoms with van der Waals surface area (Å²) in [4.78, 5) is 14.4. The Morgan fingerprint density at radius 2 is 1.94 bits per heavy atom. The van der Waals surface area contributed by atoms with Gasteiger partial charge in [0.25, 0.3) is 0 Å². The fourth-order valence-electron chi connectivity index (χ4n) is 1.62. The number of likely N-dealkylation sites (N-methyl/N-ethyl adjacent to an activating group) is 1. The number of aliphatic hydroxyl groups is 1. The molecule has 5 nitrogen and oxygen atoms in total. The van der Waals surface area contributed by atoms with Crippen molar-refractivity contribution in [3.05, 3.63) is 48.2 Å². The lowest BCUT2D eigenvalue weighted by Gasteiger charge is -2.18. The molecule has 2 heterocycles. The first kappa shape index (κ1) is 12.4. The summed E-state index contributed by atoms with van der Waals surface area (Å²) in [5, 5.41) is 9.02. The molecule has 94 valence electrons. The number of nitrogens with zero attached hydrogens (tertiary/aromatic N) is 4. The zero-order valence-electron chi connectivity index (χ0n) is 10.3. The van der Waals surface area contributed by atoms with Crippen LogP contribution >= 0.6 is 0 Å². The van der Waals surface area contributed by atoms with Gasteiger partial charge >= 0.3 is 0 Å². The molecular weight excluding hydrogens is 228 g/mol. The van der Waals surface area contributed by atoms with Gasteiger partial charge in [-0.1, -0.05) is 0 Å². The lowest BCUT2D eigenvalue weighted by atomic mass is 10.2. The molecule has 0 spiro atoms. The number of aromatic nitrogens is 3. The first-order valence-electron chi connectivity index (χ1n) is 5.81. The van der Waals surface area contributed by atoms with Crippen LogP contribution in [0.2, 0.25) is 0 Å². The molecule has 0 unspecified atom stereocenters. The third-order valence-corrected chi connectivity index (χ3v) is 2.71. The van der Waals surface area contributed by atoms with Crippen LogP contribution in [0.5, 0.6) is 0 Å². The molecule has 0 amide bonds. The summed E-state index contributed by atoms with van der Waals surface area (Å²) < 4.78 is 0. The van der Waals surface area contributed by atoms with Gasteiger partial charge in [-0.15, -0.1) is 0 Å². The number of hydrogen-bond acceptors (Lipinski definition) is 5. The maximum absolute atomic E-state index is 9.02. The largest absolute Gasteiger partial charge is 0.390 e. The van der Waals surface area contributed by atoms with Crippen molar-refractivity contribution in [1.82, 2.24) is 15.0 Å². The van der Waals surface area contributed by atoms with E-state index in [1.54, 1.807) is 24.8 Å². The highest BCUT2D eigenvalue weighted by Crippen LogP contribution is 2.09. The third kappa shape index (κ3) is 3.24. The maximum Gasteiger partial charge on any atom is 0.147 e. The van der Waals surface area contributed by atoms with Crippen LogP contribution in [-0.4, -0.2) is 33.7 Å². The maximum atomic E-state index is 9.02. The van der Waals surface area contributed by atoms with Crippen molar-refractivity contribution in [2.24, 2.45) is 0 Å². The average molecular weight is 244 g/mol. The van der Waals surface area contributed by atoms with Gasteiger partial charge in [-0.25, -0.2) is 4.98 Å². The number of pyridine rings is 1. The highest BCUT2D eigenvalue weighted by Gasteiger charge is 2.04. The molecule has 0 aromatic carbocycles. The Balaban J connectivity index is 1.97. The molecule has 5 heteroatoms. The zero-order chi connectivity index (χ0) is 12.8. The second-order valence-electron chi connectivity index (χ2n) is 4.05. The lowest BCUT2D eigenvalue weighted by molar-refractivity contribution is 0.276. The van der Waals surface area contributed by atoms with Crippen LogP contribution < -0.4 is 4.90 Å². The molecule has 0 aliphatic rings. The van der Waals surface area contributed by atoms with E-state index in [1.807, 2.05) is 24.1 Å². The Bertz CT molecular complexity index is 489. The summed E-state index contributed by atoms with van der Waals surface area (Å²) in [6.07, 6.45) is 7.78. The van der Waals surface area contributed by atoms with Gasteiger partial charge in [-0.05, 0) is 24.1 Å². The first-order chi connectivity index (χ1) is 8.79. The van der Waals surface area contributed by atoms with Crippen molar-refractivity contribution in [3.63, 3.8) is 0 Å². The fourth-order valence-corrected chi connectivity index (χ4v) is 1.62. The number of aliphatic hydroxyl groups excluding tert-OH is 1. The van der Waals surface area contributed by atoms with E-state index in [2.05, 4.69) is 15.0 Å². The van der Waals surface area contributed by atoms with Crippen molar-refractivity contribution in [3.8, 4) is 0 Å². The molecule has 2 rings (SSSR count). The summed E-state index contributed by atoms with van der Waals surface area (Å²) in [6.45, 7) is 0.757. The van der Waals surface area contributed by atoms with Crippen molar-refractivity contribution < 1.29 is 5.11 Å². The van der Waals surface area contributed by atoms with Crippen LogP contribution in [-0.2, 0) is 13.0 Å². The Kier molecular flexibility index (Phi) is 4.20. The summed E-state index contributed by atoms with van der Waals surface area (Å²) in [6, 6.07) is 4.01. The molecule has 0 saturated heterocycles. The number of rotatable bonds is 5. The second-order valence-corrected chi connectivity index (χ2v) is 4.05. The molecular formula is C13H16N4O. The predicted octanol–water partition coefficient (Wildman–Crippen LogP) is 1.04. The summed E-state index contributed by atoms with van der Waals surface area (Å²) in [7, 11) is 1.96. The van der Waals surface area contributed by atoms with E-state index in [0.717, 1.165) is 18.8 Å². The van der Waals surface area contributed by atoms with Crippen LogP contribution in [0.1, 0.15) is 11.3 Å². The van der Waals surface area contributed by atoms with E-state index in [-0.39, 0.29) is 6.61 Å². The normalized spacial score (nSPS) is 10.3. The molecule has 0 fully saturated rings. The minimum atomic E-state index is -0.0843. The SMILES string of the molecule is CN(CCc1ccncc1)c1cncc(CO)n1. The smallest absolute Gasteiger partial charge is 0.147 e. The van der Waals surface area contributed by atoms with Gasteiger partial charge in [-0.3, -0.25) is 9.97 Å². The Labute approximate surface area is 106 Å². The minimum Gasteiger partial charge on any atom is -0.390 e. The van der Waals surface area contributed by atoms with Crippen LogP contribution in [0.4, 0.5) is 5.82 Å². The molecule has 0 aliphatic heterocycles. The molecule has 0 atom stereocenters. The van der Waals surface area contributed by atoms with Crippen molar-refractivity contribution >= 4 is 5.82 Å². The van der Waals surface area contributed by atoms with Crippen LogP contribution in [0, 0.1) is 0 Å². The van der Waals surface area contributed by atoms with Crippen molar-refractivity contribution in [1.29, 1.82) is 0 Å². The summed E-state index contributed by atoms with van der Waals surface area (Å²) >= 11 is 0. The van der Waals surface area contributed by atoms with Gasteiger partial charge in [0.05, 0.1) is 24.7 Å². The molecule has 18 heavy (non-hydrogen) atoms. The van der Waals surface area contributed by atoms with Gasteiger partial charge in [0, 0.05) is 26.0 Å². The Morgan fingerprint density at radius 1 is 1.17 bits per heavy atom. The molecule has 2 aromatic rings. The van der Waals surface area contributed by atoms with E-state index < -0.39 is 0 Å². The summed E-state index contributed by atoms with van der Waals surface area (Å²) in [5.41, 5.74) is 1.83. The van der Waals surface area contributed by atoms with E-state index in [9.17, 15) is 0 Å². The first-order valence-corrected chi connectivity index (χ1v) is 5.81. The van der Waals surface area contributed by atoms with Crippen molar-refractivity contribution in [2.75, 3.05) is 18.5 Å². The highest BCUT2D eigenvalue weighted by atomic mass is 16.3. The Hall–Kier alpha value is -2.01. The van der Waals surface area contributed by atoms with Crippen molar-refractivity contribution in [2.45, 2.75) is 13.0 Å². The van der Waals surface area contributed by atoms with E-state index >= 15 is 0 Å².